The van der Waals surface area contributed by atoms with Crippen molar-refractivity contribution in [2.45, 2.75) is 40.0 Å². The summed E-state index contributed by atoms with van der Waals surface area (Å²) in [6.45, 7) is 10.4. The highest BCUT2D eigenvalue weighted by molar-refractivity contribution is 6.05. The predicted octanol–water partition coefficient (Wildman–Crippen LogP) is 4.60. The fourth-order valence-electron chi connectivity index (χ4n) is 3.19. The molecule has 1 atom stereocenters. The smallest absolute Gasteiger partial charge is 0.193 e. The first-order valence-electron chi connectivity index (χ1n) is 7.82. The zero-order valence-electron chi connectivity index (χ0n) is 13.5. The van der Waals surface area contributed by atoms with E-state index in [0.29, 0.717) is 16.9 Å². The highest BCUT2D eigenvalue weighted by Crippen LogP contribution is 2.37. The quantitative estimate of drug-likeness (QED) is 0.598. The minimum Gasteiger partial charge on any atom is -0.289 e. The summed E-state index contributed by atoms with van der Waals surface area (Å²) in [5, 5.41) is 0.970. The summed E-state index contributed by atoms with van der Waals surface area (Å²) in [6, 6.07) is 9.95. The number of fused-ring (bicyclic) bond motifs is 2. The molecular weight excluding hydrogens is 270 g/mol. The van der Waals surface area contributed by atoms with Crippen molar-refractivity contribution in [3.8, 4) is 0 Å². The molecule has 0 saturated heterocycles. The SMILES string of the molecule is C=CC(=O)c1c#cc2nc3c(cc2c1)CC(C(C)(C)C)CC3.[HH]. The van der Waals surface area contributed by atoms with Crippen molar-refractivity contribution in [2.24, 2.45) is 11.3 Å². The number of aryl methyl sites for hydroxylation is 1. The van der Waals surface area contributed by atoms with E-state index in [-0.39, 0.29) is 7.21 Å². The number of hydrogen-bond donors (Lipinski definition) is 0. The zero-order chi connectivity index (χ0) is 15.9. The van der Waals surface area contributed by atoms with Gasteiger partial charge in [0.2, 0.25) is 0 Å². The van der Waals surface area contributed by atoms with Crippen molar-refractivity contribution in [1.82, 2.24) is 4.98 Å². The summed E-state index contributed by atoms with van der Waals surface area (Å²) in [7, 11) is 0. The molecule has 0 fully saturated rings. The second-order valence-corrected chi connectivity index (χ2v) is 7.21. The summed E-state index contributed by atoms with van der Waals surface area (Å²) in [4.78, 5) is 16.5. The van der Waals surface area contributed by atoms with Gasteiger partial charge in [-0.2, -0.15) is 0 Å². The molecule has 114 valence electrons. The van der Waals surface area contributed by atoms with Gasteiger partial charge in [0.05, 0.1) is 5.56 Å². The van der Waals surface area contributed by atoms with Gasteiger partial charge in [0.1, 0.15) is 5.52 Å². The van der Waals surface area contributed by atoms with Gasteiger partial charge in [-0.05, 0) is 60.4 Å². The number of aromatic nitrogens is 1. The van der Waals surface area contributed by atoms with Crippen molar-refractivity contribution < 1.29 is 6.22 Å². The van der Waals surface area contributed by atoms with Crippen LogP contribution in [0.3, 0.4) is 0 Å². The third kappa shape index (κ3) is 2.64. The average Bonchev–Trinajstić information content (AvgIpc) is 2.50. The number of allylic oxidation sites excluding steroid dienone is 1. The summed E-state index contributed by atoms with van der Waals surface area (Å²) in [6.07, 6.45) is 4.58. The van der Waals surface area contributed by atoms with Crippen LogP contribution in [0.15, 0.2) is 24.8 Å². The summed E-state index contributed by atoms with van der Waals surface area (Å²) < 4.78 is 0. The van der Waals surface area contributed by atoms with Gasteiger partial charge < -0.3 is 0 Å². The van der Waals surface area contributed by atoms with Crippen LogP contribution in [0.1, 0.15) is 50.2 Å². The van der Waals surface area contributed by atoms with Crippen LogP contribution in [0.5, 0.6) is 0 Å². The predicted molar refractivity (Wildman–Crippen MR) is 91.0 cm³/mol. The minimum absolute atomic E-state index is 0. The fraction of sp³-hybridized carbons (Fsp3) is 0.400. The van der Waals surface area contributed by atoms with Crippen LogP contribution in [-0.2, 0) is 12.8 Å². The molecule has 2 heteroatoms. The number of nitrogens with zero attached hydrogens (tertiary/aromatic N) is 1. The number of ketones is 1. The molecule has 0 amide bonds. The Morgan fingerprint density at radius 2 is 2.18 bits per heavy atom. The molecule has 1 aromatic heterocycles. The van der Waals surface area contributed by atoms with E-state index < -0.39 is 0 Å². The molecule has 0 bridgehead atoms. The molecule has 2 nitrogen and oxygen atoms in total. The van der Waals surface area contributed by atoms with Gasteiger partial charge in [0.25, 0.3) is 0 Å². The molecule has 1 unspecified atom stereocenters. The lowest BCUT2D eigenvalue weighted by molar-refractivity contribution is 0.104. The second-order valence-electron chi connectivity index (χ2n) is 7.21. The van der Waals surface area contributed by atoms with Gasteiger partial charge in [0, 0.05) is 12.5 Å². The van der Waals surface area contributed by atoms with Crippen LogP contribution >= 0.6 is 0 Å². The van der Waals surface area contributed by atoms with E-state index in [4.69, 9.17) is 4.98 Å². The molecule has 2 aromatic rings. The first-order chi connectivity index (χ1) is 10.4. The van der Waals surface area contributed by atoms with E-state index in [1.165, 1.54) is 23.8 Å². The Morgan fingerprint density at radius 3 is 2.86 bits per heavy atom. The zero-order valence-corrected chi connectivity index (χ0v) is 13.5. The third-order valence-corrected chi connectivity index (χ3v) is 4.71. The number of rotatable bonds is 2. The lowest BCUT2D eigenvalue weighted by Gasteiger charge is -2.34. The van der Waals surface area contributed by atoms with Crippen molar-refractivity contribution >= 4 is 16.7 Å². The van der Waals surface area contributed by atoms with Crippen molar-refractivity contribution in [1.29, 1.82) is 0 Å². The molecule has 0 N–H and O–H groups in total. The van der Waals surface area contributed by atoms with Crippen molar-refractivity contribution in [3.63, 3.8) is 0 Å². The van der Waals surface area contributed by atoms with Crippen LogP contribution in [-0.4, -0.2) is 10.8 Å². The van der Waals surface area contributed by atoms with Crippen LogP contribution < -0.4 is 0 Å². The van der Waals surface area contributed by atoms with Gasteiger partial charge in [-0.25, -0.2) is 4.98 Å². The highest BCUT2D eigenvalue weighted by Gasteiger charge is 2.29. The Bertz CT molecular complexity index is 758. The first-order valence-corrected chi connectivity index (χ1v) is 7.82. The molecule has 1 aliphatic carbocycles. The summed E-state index contributed by atoms with van der Waals surface area (Å²) >= 11 is 0. The monoisotopic (exact) mass is 293 g/mol. The Labute approximate surface area is 133 Å². The lowest BCUT2D eigenvalue weighted by Crippen LogP contribution is -2.27. The minimum atomic E-state index is -0.122. The molecular formula is C20H23NO. The largest absolute Gasteiger partial charge is 0.289 e. The summed E-state index contributed by atoms with van der Waals surface area (Å²) in [5.41, 5.74) is 4.12. The third-order valence-electron chi connectivity index (χ3n) is 4.71. The molecule has 1 heterocycles. The Kier molecular flexibility index (Phi) is 3.53. The molecule has 1 aromatic carbocycles. The topological polar surface area (TPSA) is 30.0 Å². The molecule has 0 saturated carbocycles. The Balaban J connectivity index is 0.00000192. The number of hydrogen-bond acceptors (Lipinski definition) is 2. The van der Waals surface area contributed by atoms with Crippen LogP contribution in [0, 0.1) is 23.5 Å². The van der Waals surface area contributed by atoms with Gasteiger partial charge in [-0.3, -0.25) is 4.79 Å². The fourth-order valence-corrected chi connectivity index (χ4v) is 3.19. The van der Waals surface area contributed by atoms with E-state index in [1.54, 1.807) is 0 Å². The normalized spacial score (nSPS) is 17.7. The van der Waals surface area contributed by atoms with E-state index in [2.05, 4.69) is 45.5 Å². The molecule has 22 heavy (non-hydrogen) atoms. The first kappa shape index (κ1) is 14.8. The van der Waals surface area contributed by atoms with Gasteiger partial charge >= 0.3 is 0 Å². The summed E-state index contributed by atoms with van der Waals surface area (Å²) in [5.74, 6) is 0.552. The number of carbonyl (C=O) groups excluding carboxylic acids is 1. The lowest BCUT2D eigenvalue weighted by atomic mass is 9.71. The Hall–Kier alpha value is -2.14. The average molecular weight is 293 g/mol. The van der Waals surface area contributed by atoms with Crippen LogP contribution in [0.25, 0.3) is 10.9 Å². The molecule has 0 spiro atoms. The van der Waals surface area contributed by atoms with Crippen LogP contribution in [0.2, 0.25) is 0 Å². The maximum Gasteiger partial charge on any atom is 0.193 e. The highest BCUT2D eigenvalue weighted by atomic mass is 16.1. The van der Waals surface area contributed by atoms with Crippen molar-refractivity contribution in [2.75, 3.05) is 0 Å². The molecule has 3 rings (SSSR count). The van der Waals surface area contributed by atoms with E-state index in [0.717, 1.165) is 23.7 Å². The van der Waals surface area contributed by atoms with E-state index in [1.807, 2.05) is 6.07 Å². The van der Waals surface area contributed by atoms with Crippen molar-refractivity contribution in [3.05, 3.63) is 53.7 Å². The second kappa shape index (κ2) is 5.25. The standard InChI is InChI=1S/C20H21NO.H2/c1-5-19(22)13-6-8-17-14(10-13)11-15-12-16(20(2,3)4)7-9-18(15)21-17;/h5,10-11,16H,1,7,9,12H2,2-4H3;1H. The number of pyridine rings is 1. The van der Waals surface area contributed by atoms with E-state index >= 15 is 0 Å². The molecule has 0 radical (unpaired) electrons. The van der Waals surface area contributed by atoms with E-state index in [9.17, 15) is 4.79 Å². The molecule has 1 aliphatic rings. The molecule has 0 aliphatic heterocycles. The van der Waals surface area contributed by atoms with Crippen LogP contribution in [0.4, 0.5) is 0 Å². The van der Waals surface area contributed by atoms with Gasteiger partial charge in [0.15, 0.2) is 5.78 Å². The van der Waals surface area contributed by atoms with Gasteiger partial charge in [-0.15, -0.1) is 0 Å². The van der Waals surface area contributed by atoms with Gasteiger partial charge in [-0.1, -0.05) is 33.4 Å². The maximum atomic E-state index is 11.7. The Morgan fingerprint density at radius 1 is 1.41 bits per heavy atom. The number of carbonyl (C=O) groups is 1. The maximum absolute atomic E-state index is 11.7.